The Kier molecular flexibility index (Phi) is 13.1. The average Bonchev–Trinajstić information content (AvgIpc) is 2.88. The summed E-state index contributed by atoms with van der Waals surface area (Å²) in [5, 5.41) is 25.6. The number of carbonyl (C=O) groups is 3. The number of allylic oxidation sites excluding steroid dienone is 1. The van der Waals surface area contributed by atoms with Crippen LogP contribution in [0.4, 0.5) is 0 Å². The summed E-state index contributed by atoms with van der Waals surface area (Å²) in [4.78, 5) is 38.5. The van der Waals surface area contributed by atoms with E-state index in [-0.39, 0.29) is 35.3 Å². The van der Waals surface area contributed by atoms with Crippen molar-refractivity contribution in [3.05, 3.63) is 35.4 Å². The van der Waals surface area contributed by atoms with Crippen molar-refractivity contribution in [3.8, 4) is 11.5 Å². The molecule has 1 aliphatic carbocycles. The fraction of sp³-hybridized carbons (Fsp3) is 0.645. The molecule has 0 radical (unpaired) electrons. The molecule has 218 valence electrons. The first-order chi connectivity index (χ1) is 18.5. The molecule has 2 rings (SSSR count). The maximum Gasteiger partial charge on any atom is 0.308 e. The van der Waals surface area contributed by atoms with Crippen molar-refractivity contribution in [2.75, 3.05) is 13.1 Å². The van der Waals surface area contributed by atoms with Crippen LogP contribution >= 0.6 is 0 Å². The molecule has 1 fully saturated rings. The van der Waals surface area contributed by atoms with Crippen LogP contribution in [-0.2, 0) is 20.8 Å². The number of imide groups is 1. The number of benzene rings is 1. The molecule has 8 nitrogen and oxygen atoms in total. The Morgan fingerprint density at radius 3 is 2.51 bits per heavy atom. The lowest BCUT2D eigenvalue weighted by Gasteiger charge is -2.46. The molecule has 39 heavy (non-hydrogen) atoms. The molecule has 3 atom stereocenters. The number of nitrogens with zero attached hydrogens (tertiary/aromatic N) is 1. The van der Waals surface area contributed by atoms with Crippen LogP contribution in [0.2, 0.25) is 0 Å². The van der Waals surface area contributed by atoms with Crippen LogP contribution in [0.3, 0.4) is 0 Å². The van der Waals surface area contributed by atoms with Crippen LogP contribution in [0.15, 0.2) is 29.8 Å². The summed E-state index contributed by atoms with van der Waals surface area (Å²) >= 11 is 0. The van der Waals surface area contributed by atoms with Crippen LogP contribution in [-0.4, -0.2) is 57.6 Å². The van der Waals surface area contributed by atoms with Crippen molar-refractivity contribution in [2.24, 2.45) is 5.92 Å². The monoisotopic (exact) mass is 544 g/mol. The highest BCUT2D eigenvalue weighted by Crippen LogP contribution is 2.41. The van der Waals surface area contributed by atoms with Gasteiger partial charge in [0.05, 0.1) is 5.60 Å². The number of hydrogen-bond acceptors (Lipinski definition) is 7. The normalized spacial score (nSPS) is 21.4. The number of phenols is 1. The van der Waals surface area contributed by atoms with Gasteiger partial charge in [-0.1, -0.05) is 38.8 Å². The van der Waals surface area contributed by atoms with E-state index in [0.717, 1.165) is 50.8 Å². The molecule has 0 heterocycles. The van der Waals surface area contributed by atoms with Crippen molar-refractivity contribution in [2.45, 2.75) is 110 Å². The smallest absolute Gasteiger partial charge is 0.308 e. The van der Waals surface area contributed by atoms with Gasteiger partial charge in [-0.2, -0.15) is 0 Å². The van der Waals surface area contributed by atoms with Gasteiger partial charge >= 0.3 is 5.97 Å². The summed E-state index contributed by atoms with van der Waals surface area (Å²) in [7, 11) is 0. The topological polar surface area (TPSA) is 116 Å². The van der Waals surface area contributed by atoms with E-state index in [1.54, 1.807) is 25.1 Å². The summed E-state index contributed by atoms with van der Waals surface area (Å²) in [6, 6.07) is 4.66. The Balaban J connectivity index is 2.20. The number of hydrogen-bond donors (Lipinski definition) is 3. The van der Waals surface area contributed by atoms with Gasteiger partial charge in [-0.3, -0.25) is 19.3 Å². The molecule has 1 aliphatic rings. The average molecular weight is 545 g/mol. The summed E-state index contributed by atoms with van der Waals surface area (Å²) < 4.78 is 5.01. The number of phenolic OH excluding ortho intramolecular Hbond substituents is 1. The molecule has 8 heteroatoms. The molecule has 0 saturated heterocycles. The molecular formula is C31H48N2O6. The highest BCUT2D eigenvalue weighted by atomic mass is 16.5. The van der Waals surface area contributed by atoms with E-state index in [9.17, 15) is 24.6 Å². The fourth-order valence-electron chi connectivity index (χ4n) is 5.46. The van der Waals surface area contributed by atoms with Gasteiger partial charge in [-0.15, -0.1) is 0 Å². The second-order valence-corrected chi connectivity index (χ2v) is 10.9. The minimum atomic E-state index is -0.967. The first-order valence-corrected chi connectivity index (χ1v) is 14.5. The van der Waals surface area contributed by atoms with Gasteiger partial charge in [0, 0.05) is 25.5 Å². The van der Waals surface area contributed by atoms with E-state index >= 15 is 0 Å². The van der Waals surface area contributed by atoms with Crippen molar-refractivity contribution in [1.29, 1.82) is 0 Å². The Hall–Kier alpha value is -2.71. The fourth-order valence-corrected chi connectivity index (χ4v) is 5.46. The third-order valence-electron chi connectivity index (χ3n) is 7.73. The van der Waals surface area contributed by atoms with E-state index in [1.165, 1.54) is 18.7 Å². The number of carbonyl (C=O) groups excluding carboxylic acids is 3. The van der Waals surface area contributed by atoms with Gasteiger partial charge in [-0.05, 0) is 95.0 Å². The van der Waals surface area contributed by atoms with Crippen molar-refractivity contribution < 1.29 is 29.3 Å². The quantitative estimate of drug-likeness (QED) is 0.130. The SMILES string of the molecule is CCC/C=C(\C)C(=O)N(C(C)=O)C1CCC(O)(CCc2ccc(OC(C)=O)c(O)c2)C(CCNCCCC)C1. The Morgan fingerprint density at radius 2 is 1.90 bits per heavy atom. The predicted molar refractivity (Wildman–Crippen MR) is 152 cm³/mol. The van der Waals surface area contributed by atoms with Gasteiger partial charge in [0.1, 0.15) is 0 Å². The van der Waals surface area contributed by atoms with E-state index < -0.39 is 11.6 Å². The highest BCUT2D eigenvalue weighted by molar-refractivity contribution is 6.03. The maximum absolute atomic E-state index is 13.2. The molecule has 0 aliphatic heterocycles. The zero-order valence-electron chi connectivity index (χ0n) is 24.4. The van der Waals surface area contributed by atoms with Crippen LogP contribution in [0.25, 0.3) is 0 Å². The Bertz CT molecular complexity index is 1010. The lowest BCUT2D eigenvalue weighted by atomic mass is 9.69. The highest BCUT2D eigenvalue weighted by Gasteiger charge is 2.44. The number of amides is 2. The van der Waals surface area contributed by atoms with Crippen molar-refractivity contribution >= 4 is 17.8 Å². The maximum atomic E-state index is 13.2. The molecule has 1 aromatic carbocycles. The van der Waals surface area contributed by atoms with Gasteiger partial charge in [0.15, 0.2) is 11.5 Å². The number of rotatable bonds is 14. The summed E-state index contributed by atoms with van der Waals surface area (Å²) in [6.45, 7) is 10.4. The largest absolute Gasteiger partial charge is 0.504 e. The van der Waals surface area contributed by atoms with Gasteiger partial charge < -0.3 is 20.3 Å². The summed E-state index contributed by atoms with van der Waals surface area (Å²) in [5.41, 5.74) is 0.449. The number of aromatic hydroxyl groups is 1. The molecule has 0 spiro atoms. The first-order valence-electron chi connectivity index (χ1n) is 14.5. The lowest BCUT2D eigenvalue weighted by Crippen LogP contribution is -2.53. The minimum Gasteiger partial charge on any atom is -0.504 e. The number of aryl methyl sites for hydroxylation is 1. The molecular weight excluding hydrogens is 496 g/mol. The second kappa shape index (κ2) is 15.8. The molecule has 0 aromatic heterocycles. The molecule has 1 saturated carbocycles. The van der Waals surface area contributed by atoms with E-state index in [1.807, 2.05) is 13.0 Å². The lowest BCUT2D eigenvalue weighted by molar-refractivity contribution is -0.148. The van der Waals surface area contributed by atoms with Gasteiger partial charge in [0.2, 0.25) is 5.91 Å². The van der Waals surface area contributed by atoms with E-state index in [0.29, 0.717) is 37.7 Å². The zero-order valence-corrected chi connectivity index (χ0v) is 24.4. The summed E-state index contributed by atoms with van der Waals surface area (Å²) in [5.74, 6) is -1.11. The van der Waals surface area contributed by atoms with Crippen molar-refractivity contribution in [1.82, 2.24) is 10.2 Å². The molecule has 0 bridgehead atoms. The van der Waals surface area contributed by atoms with Crippen LogP contribution < -0.4 is 10.1 Å². The van der Waals surface area contributed by atoms with Gasteiger partial charge in [-0.25, -0.2) is 0 Å². The Morgan fingerprint density at radius 1 is 1.15 bits per heavy atom. The number of ether oxygens (including phenoxy) is 1. The first kappa shape index (κ1) is 32.5. The molecule has 3 unspecified atom stereocenters. The molecule has 2 amide bonds. The van der Waals surface area contributed by atoms with Crippen LogP contribution in [0.5, 0.6) is 11.5 Å². The van der Waals surface area contributed by atoms with Gasteiger partial charge in [0.25, 0.3) is 5.91 Å². The number of aliphatic hydroxyl groups is 1. The van der Waals surface area contributed by atoms with Crippen LogP contribution in [0, 0.1) is 5.92 Å². The van der Waals surface area contributed by atoms with E-state index in [2.05, 4.69) is 12.2 Å². The zero-order chi connectivity index (χ0) is 29.0. The van der Waals surface area contributed by atoms with E-state index in [4.69, 9.17) is 4.74 Å². The molecule has 1 aromatic rings. The number of nitrogens with one attached hydrogen (secondary N) is 1. The standard InChI is InChI=1S/C31H48N2O6/c1-6-8-10-22(3)30(37)33(23(4)34)27-14-17-31(38,26(21-27)15-19-32-18-9-7-2)16-13-25-11-12-29(28(36)20-25)39-24(5)35/h10-12,20,26-27,32,36,38H,6-9,13-19,21H2,1-5H3/b22-10+. The third-order valence-corrected chi connectivity index (χ3v) is 7.73. The van der Waals surface area contributed by atoms with Crippen LogP contribution in [0.1, 0.15) is 98.0 Å². The summed E-state index contributed by atoms with van der Waals surface area (Å²) in [6.07, 6.45) is 9.12. The molecule has 3 N–H and O–H groups in total. The van der Waals surface area contributed by atoms with Crippen molar-refractivity contribution in [3.63, 3.8) is 0 Å². The Labute approximate surface area is 233 Å². The number of unbranched alkanes of at least 4 members (excludes halogenated alkanes) is 2. The predicted octanol–water partition coefficient (Wildman–Crippen LogP) is 5.05. The third kappa shape index (κ3) is 9.76. The number of esters is 1. The minimum absolute atomic E-state index is 0.103. The second-order valence-electron chi connectivity index (χ2n) is 10.9.